The van der Waals surface area contributed by atoms with Gasteiger partial charge in [-0.05, 0) is 71.2 Å². The highest BCUT2D eigenvalue weighted by Crippen LogP contribution is 2.29. The molecule has 1 aliphatic rings. The summed E-state index contributed by atoms with van der Waals surface area (Å²) in [7, 11) is 6.94. The van der Waals surface area contributed by atoms with Crippen LogP contribution in [0.3, 0.4) is 0 Å². The van der Waals surface area contributed by atoms with Crippen molar-refractivity contribution >= 4 is 57.9 Å². The van der Waals surface area contributed by atoms with E-state index in [1.165, 1.54) is 15.7 Å². The zero-order valence-corrected chi connectivity index (χ0v) is 34.8. The molecular formula is C40H51N12O5S+. The molecule has 0 bridgehead atoms. The van der Waals surface area contributed by atoms with Crippen LogP contribution in [0, 0.1) is 5.92 Å². The molecule has 5 heterocycles. The Balaban J connectivity index is 1.27. The van der Waals surface area contributed by atoms with Gasteiger partial charge in [-0.2, -0.15) is 0 Å². The SMILES string of the molecule is COc1ccc(Cn2nnnc2C=Cc2c(N3CCCC(CC(=O)NCCNC(=O)[N+](C)(C)C)C3)nc3cc(C(=O)Nc4nc(C(C)(C)C)cs4)ccn3c2=O)cc1. The molecule has 0 spiro atoms. The number of carbonyl (C=O) groups excluding carboxylic acids is 3. The number of ether oxygens (including phenoxy) is 1. The van der Waals surface area contributed by atoms with Gasteiger partial charge >= 0.3 is 6.03 Å². The summed E-state index contributed by atoms with van der Waals surface area (Å²) in [6, 6.07) is 10.6. The predicted molar refractivity (Wildman–Crippen MR) is 223 cm³/mol. The largest absolute Gasteiger partial charge is 0.497 e. The van der Waals surface area contributed by atoms with Crippen molar-refractivity contribution in [3.05, 3.63) is 86.5 Å². The first-order valence-electron chi connectivity index (χ1n) is 19.1. The molecule has 0 saturated carbocycles. The van der Waals surface area contributed by atoms with E-state index in [1.54, 1.807) is 63.4 Å². The number of piperidine rings is 1. The van der Waals surface area contributed by atoms with Crippen molar-refractivity contribution in [3.8, 4) is 5.75 Å². The number of quaternary nitrogens is 1. The van der Waals surface area contributed by atoms with E-state index in [0.717, 1.165) is 29.8 Å². The summed E-state index contributed by atoms with van der Waals surface area (Å²) >= 11 is 1.35. The first kappa shape index (κ1) is 41.6. The topological polar surface area (TPSA) is 191 Å². The molecule has 4 amide bonds. The van der Waals surface area contributed by atoms with Crippen LogP contribution < -0.4 is 31.1 Å². The maximum absolute atomic E-state index is 14.3. The number of aromatic nitrogens is 7. The molecule has 1 saturated heterocycles. The number of carbonyl (C=O) groups is 3. The van der Waals surface area contributed by atoms with Crippen molar-refractivity contribution in [2.24, 2.45) is 5.92 Å². The molecule has 1 aromatic carbocycles. The monoisotopic (exact) mass is 811 g/mol. The van der Waals surface area contributed by atoms with E-state index in [9.17, 15) is 19.2 Å². The molecule has 306 valence electrons. The minimum Gasteiger partial charge on any atom is -0.497 e. The lowest BCUT2D eigenvalue weighted by molar-refractivity contribution is -0.787. The Morgan fingerprint density at radius 3 is 2.50 bits per heavy atom. The fourth-order valence-electron chi connectivity index (χ4n) is 6.39. The molecule has 3 N–H and O–H groups in total. The fourth-order valence-corrected chi connectivity index (χ4v) is 7.32. The highest BCUT2D eigenvalue weighted by molar-refractivity contribution is 7.14. The van der Waals surface area contributed by atoms with Crippen LogP contribution in [-0.2, 0) is 16.8 Å². The quantitative estimate of drug-likeness (QED) is 0.115. The molecule has 18 heteroatoms. The third kappa shape index (κ3) is 10.3. The molecule has 1 unspecified atom stereocenters. The van der Waals surface area contributed by atoms with E-state index in [1.807, 2.05) is 34.5 Å². The number of methoxy groups -OCH3 is 1. The molecular weight excluding hydrogens is 761 g/mol. The van der Waals surface area contributed by atoms with Gasteiger partial charge in [-0.3, -0.25) is 24.1 Å². The van der Waals surface area contributed by atoms with Gasteiger partial charge in [0, 0.05) is 55.2 Å². The van der Waals surface area contributed by atoms with Crippen molar-refractivity contribution in [3.63, 3.8) is 0 Å². The van der Waals surface area contributed by atoms with Crippen molar-refractivity contribution in [2.75, 3.05) is 64.6 Å². The normalized spacial score (nSPS) is 14.8. The summed E-state index contributed by atoms with van der Waals surface area (Å²) in [6.45, 7) is 8.28. The second-order valence-corrected chi connectivity index (χ2v) is 17.0. The number of urea groups is 1. The van der Waals surface area contributed by atoms with Crippen LogP contribution >= 0.6 is 11.3 Å². The number of anilines is 2. The number of hydrogen-bond donors (Lipinski definition) is 3. The second kappa shape index (κ2) is 17.6. The maximum Gasteiger partial charge on any atom is 0.416 e. The van der Waals surface area contributed by atoms with Crippen LogP contribution in [0.2, 0.25) is 0 Å². The van der Waals surface area contributed by atoms with E-state index in [4.69, 9.17) is 9.72 Å². The van der Waals surface area contributed by atoms with E-state index < -0.39 is 0 Å². The Morgan fingerprint density at radius 1 is 1.03 bits per heavy atom. The number of fused-ring (bicyclic) bond motifs is 1. The zero-order chi connectivity index (χ0) is 41.6. The summed E-state index contributed by atoms with van der Waals surface area (Å²) in [4.78, 5) is 64.6. The third-order valence-electron chi connectivity index (χ3n) is 9.68. The fraction of sp³-hybridized carbons (Fsp3) is 0.425. The van der Waals surface area contributed by atoms with Gasteiger partial charge in [0.1, 0.15) is 17.2 Å². The van der Waals surface area contributed by atoms with E-state index in [0.29, 0.717) is 66.3 Å². The van der Waals surface area contributed by atoms with Gasteiger partial charge in [0.2, 0.25) is 5.91 Å². The van der Waals surface area contributed by atoms with Crippen molar-refractivity contribution in [2.45, 2.75) is 52.0 Å². The van der Waals surface area contributed by atoms with Gasteiger partial charge in [-0.25, -0.2) is 23.9 Å². The smallest absolute Gasteiger partial charge is 0.416 e. The standard InChI is InChI=1S/C40H50N12O5S/c1-40(2,3)31-25-58-38(43-31)45-36(54)28-16-20-50-33(22-28)44-35(49-19-8-9-27(23-49)21-34(53)41-17-18-42-39(56)52(4,5)6)30(37(50)55)14-15-32-46-47-48-51(32)24-26-10-12-29(57-7)13-11-26/h10-16,20,22,25,27H,8-9,17-19,21,23-24H2,1-7H3,(H2-,41,42,43,45,53,54,56)/p+1. The van der Waals surface area contributed by atoms with E-state index in [-0.39, 0.29) is 45.6 Å². The number of pyridine rings is 1. The number of hydrogen-bond acceptors (Lipinski definition) is 12. The minimum absolute atomic E-state index is 0.0168. The van der Waals surface area contributed by atoms with Gasteiger partial charge in [0.25, 0.3) is 11.5 Å². The molecule has 1 fully saturated rings. The first-order chi connectivity index (χ1) is 27.6. The Bertz CT molecular complexity index is 2350. The Morgan fingerprint density at radius 2 is 1.79 bits per heavy atom. The minimum atomic E-state index is -0.373. The average molecular weight is 812 g/mol. The Labute approximate surface area is 340 Å². The van der Waals surface area contributed by atoms with Gasteiger partial charge < -0.3 is 20.3 Å². The summed E-state index contributed by atoms with van der Waals surface area (Å²) in [6.07, 6.45) is 6.77. The lowest BCUT2D eigenvalue weighted by Gasteiger charge is -2.34. The number of tetrazole rings is 1. The highest BCUT2D eigenvalue weighted by atomic mass is 32.1. The number of benzene rings is 1. The van der Waals surface area contributed by atoms with E-state index >= 15 is 0 Å². The zero-order valence-electron chi connectivity index (χ0n) is 34.0. The van der Waals surface area contributed by atoms with Crippen LogP contribution in [0.5, 0.6) is 5.75 Å². The maximum atomic E-state index is 14.3. The lowest BCUT2D eigenvalue weighted by atomic mass is 9.93. The average Bonchev–Trinajstić information content (AvgIpc) is 3.85. The number of nitrogens with one attached hydrogen (secondary N) is 3. The van der Waals surface area contributed by atoms with E-state index in [2.05, 4.69) is 57.2 Å². The summed E-state index contributed by atoms with van der Waals surface area (Å²) < 4.78 is 8.45. The molecule has 1 atom stereocenters. The highest BCUT2D eigenvalue weighted by Gasteiger charge is 2.27. The first-order valence-corrected chi connectivity index (χ1v) is 20.0. The Kier molecular flexibility index (Phi) is 12.7. The molecule has 58 heavy (non-hydrogen) atoms. The molecule has 4 aromatic heterocycles. The molecule has 0 radical (unpaired) electrons. The molecule has 6 rings (SSSR count). The van der Waals surface area contributed by atoms with Crippen LogP contribution in [-0.4, -0.2) is 111 Å². The molecule has 17 nitrogen and oxygen atoms in total. The molecule has 5 aromatic rings. The number of amides is 4. The summed E-state index contributed by atoms with van der Waals surface area (Å²) in [5.41, 5.74) is 2.24. The molecule has 0 aliphatic carbocycles. The van der Waals surface area contributed by atoms with Gasteiger partial charge in [-0.1, -0.05) is 32.9 Å². The van der Waals surface area contributed by atoms with Crippen LogP contribution in [0.1, 0.15) is 73.0 Å². The van der Waals surface area contributed by atoms with Crippen LogP contribution in [0.4, 0.5) is 15.7 Å². The number of nitrogens with zero attached hydrogens (tertiary/aromatic N) is 9. The second-order valence-electron chi connectivity index (χ2n) is 16.2. The Hall–Kier alpha value is -6.01. The van der Waals surface area contributed by atoms with Crippen LogP contribution in [0.15, 0.2) is 52.8 Å². The van der Waals surface area contributed by atoms with Gasteiger partial charge in [0.15, 0.2) is 11.0 Å². The molecule has 1 aliphatic heterocycles. The predicted octanol–water partition coefficient (Wildman–Crippen LogP) is 4.05. The van der Waals surface area contributed by atoms with Crippen molar-refractivity contribution in [1.82, 2.24) is 45.2 Å². The third-order valence-corrected chi connectivity index (χ3v) is 10.4. The van der Waals surface area contributed by atoms with Gasteiger partial charge in [-0.15, -0.1) is 16.4 Å². The number of thiazole rings is 1. The lowest BCUT2D eigenvalue weighted by Crippen LogP contribution is -2.49. The van der Waals surface area contributed by atoms with Crippen LogP contribution in [0.25, 0.3) is 17.8 Å². The number of rotatable bonds is 13. The summed E-state index contributed by atoms with van der Waals surface area (Å²) in [5, 5.41) is 23.3. The van der Waals surface area contributed by atoms with Gasteiger partial charge in [0.05, 0.1) is 46.1 Å². The van der Waals surface area contributed by atoms with Crippen molar-refractivity contribution in [1.29, 1.82) is 0 Å². The summed E-state index contributed by atoms with van der Waals surface area (Å²) in [5.74, 6) is 1.09. The van der Waals surface area contributed by atoms with Crippen molar-refractivity contribution < 1.29 is 23.6 Å².